The van der Waals surface area contributed by atoms with Crippen LogP contribution in [0, 0.1) is 0 Å². The summed E-state index contributed by atoms with van der Waals surface area (Å²) in [5.74, 6) is -1.42. The SMILES string of the molecule is NS(=O)(=O)c1ccccc1C(=O)NN1C(=O)c2ccccc2NC1c1cc(=O)c2ccccc2o1. The molecule has 4 N–H and O–H groups in total. The number of carbonyl (C=O) groups is 2. The number of hydrogen-bond acceptors (Lipinski definition) is 7. The normalized spacial score (nSPS) is 15.4. The lowest BCUT2D eigenvalue weighted by molar-refractivity contribution is 0.0466. The van der Waals surface area contributed by atoms with Crippen molar-refractivity contribution in [3.05, 3.63) is 106 Å². The van der Waals surface area contributed by atoms with Crippen LogP contribution in [0.25, 0.3) is 11.0 Å². The zero-order valence-electron chi connectivity index (χ0n) is 18.0. The van der Waals surface area contributed by atoms with Crippen LogP contribution >= 0.6 is 0 Å². The van der Waals surface area contributed by atoms with Crippen molar-refractivity contribution in [1.29, 1.82) is 0 Å². The Morgan fingerprint density at radius 1 is 0.971 bits per heavy atom. The Labute approximate surface area is 199 Å². The van der Waals surface area contributed by atoms with Crippen molar-refractivity contribution in [2.75, 3.05) is 5.32 Å². The van der Waals surface area contributed by atoms with Crippen molar-refractivity contribution in [1.82, 2.24) is 10.4 Å². The molecule has 0 radical (unpaired) electrons. The van der Waals surface area contributed by atoms with E-state index in [1.165, 1.54) is 30.3 Å². The van der Waals surface area contributed by atoms with Gasteiger partial charge in [-0.2, -0.15) is 0 Å². The minimum atomic E-state index is -4.22. The number of para-hydroxylation sites is 2. The summed E-state index contributed by atoms with van der Waals surface area (Å²) in [6.45, 7) is 0. The first-order chi connectivity index (χ1) is 16.7. The standard InChI is InChI=1S/C24H18N4O6S/c25-35(32,33)21-12-6-3-9-16(21)23(30)27-28-22(26-17-10-4-1-7-14(17)24(28)31)20-13-18(29)15-8-2-5-11-19(15)34-20/h1-13,22,26H,(H,27,30)(H2,25,32,33). The number of sulfonamides is 1. The first-order valence-electron chi connectivity index (χ1n) is 10.4. The third-order valence-electron chi connectivity index (χ3n) is 5.51. The van der Waals surface area contributed by atoms with E-state index in [0.29, 0.717) is 16.7 Å². The zero-order valence-corrected chi connectivity index (χ0v) is 18.8. The lowest BCUT2D eigenvalue weighted by Gasteiger charge is -2.36. The number of benzene rings is 3. The van der Waals surface area contributed by atoms with E-state index in [0.717, 1.165) is 5.01 Å². The fraction of sp³-hybridized carbons (Fsp3) is 0.0417. The summed E-state index contributed by atoms with van der Waals surface area (Å²) in [7, 11) is -4.22. The minimum Gasteiger partial charge on any atom is -0.457 e. The van der Waals surface area contributed by atoms with Crippen LogP contribution in [0.5, 0.6) is 0 Å². The molecule has 0 saturated carbocycles. The first kappa shape index (κ1) is 22.3. The highest BCUT2D eigenvalue weighted by atomic mass is 32.2. The smallest absolute Gasteiger partial charge is 0.276 e. The Bertz CT molecular complexity index is 1660. The molecule has 10 nitrogen and oxygen atoms in total. The number of primary sulfonamides is 1. The molecular weight excluding hydrogens is 472 g/mol. The van der Waals surface area contributed by atoms with Gasteiger partial charge in [0.15, 0.2) is 17.4 Å². The first-order valence-corrected chi connectivity index (χ1v) is 11.9. The Kier molecular flexibility index (Phi) is 5.35. The topological polar surface area (TPSA) is 152 Å². The molecule has 0 spiro atoms. The summed E-state index contributed by atoms with van der Waals surface area (Å²) in [6, 6.07) is 19.8. The van der Waals surface area contributed by atoms with Crippen LogP contribution in [0.2, 0.25) is 0 Å². The van der Waals surface area contributed by atoms with Gasteiger partial charge in [-0.25, -0.2) is 18.6 Å². The van der Waals surface area contributed by atoms with Crippen LogP contribution in [-0.2, 0) is 10.0 Å². The summed E-state index contributed by atoms with van der Waals surface area (Å²) in [5.41, 5.74) is 2.90. The van der Waals surface area contributed by atoms with Gasteiger partial charge >= 0.3 is 0 Å². The van der Waals surface area contributed by atoms with E-state index in [9.17, 15) is 22.8 Å². The molecule has 1 unspecified atom stereocenters. The summed E-state index contributed by atoms with van der Waals surface area (Å²) in [5, 5.41) is 9.67. The highest BCUT2D eigenvalue weighted by Gasteiger charge is 2.37. The van der Waals surface area contributed by atoms with Gasteiger partial charge in [-0.15, -0.1) is 0 Å². The van der Waals surface area contributed by atoms with E-state index >= 15 is 0 Å². The van der Waals surface area contributed by atoms with Crippen molar-refractivity contribution in [2.45, 2.75) is 11.1 Å². The maximum Gasteiger partial charge on any atom is 0.276 e. The van der Waals surface area contributed by atoms with Gasteiger partial charge in [0.25, 0.3) is 11.8 Å². The van der Waals surface area contributed by atoms with Crippen LogP contribution < -0.4 is 21.3 Å². The predicted octanol–water partition coefficient (Wildman–Crippen LogP) is 2.35. The number of amides is 2. The molecule has 2 amide bonds. The highest BCUT2D eigenvalue weighted by molar-refractivity contribution is 7.89. The molecule has 1 aromatic heterocycles. The maximum absolute atomic E-state index is 13.4. The Morgan fingerprint density at radius 2 is 1.66 bits per heavy atom. The molecule has 4 aromatic rings. The van der Waals surface area contributed by atoms with Gasteiger partial charge in [-0.1, -0.05) is 36.4 Å². The second kappa shape index (κ2) is 8.38. The van der Waals surface area contributed by atoms with E-state index in [1.54, 1.807) is 48.5 Å². The molecule has 1 aliphatic heterocycles. The van der Waals surface area contributed by atoms with Crippen LogP contribution in [0.3, 0.4) is 0 Å². The number of nitrogens with two attached hydrogens (primary N) is 1. The summed E-state index contributed by atoms with van der Waals surface area (Å²) in [6.07, 6.45) is -1.11. The molecule has 1 atom stereocenters. The fourth-order valence-corrected chi connectivity index (χ4v) is 4.63. The average Bonchev–Trinajstić information content (AvgIpc) is 2.85. The molecule has 1 aliphatic rings. The second-order valence-electron chi connectivity index (χ2n) is 7.76. The van der Waals surface area contributed by atoms with Gasteiger partial charge in [-0.3, -0.25) is 19.8 Å². The van der Waals surface area contributed by atoms with Gasteiger partial charge < -0.3 is 9.73 Å². The largest absolute Gasteiger partial charge is 0.457 e. The molecule has 0 saturated heterocycles. The number of nitrogens with one attached hydrogen (secondary N) is 2. The van der Waals surface area contributed by atoms with Crippen LogP contribution in [-0.4, -0.2) is 25.2 Å². The number of hydrogen-bond donors (Lipinski definition) is 3. The Morgan fingerprint density at radius 3 is 2.46 bits per heavy atom. The third kappa shape index (κ3) is 4.03. The third-order valence-corrected chi connectivity index (χ3v) is 6.48. The quantitative estimate of drug-likeness (QED) is 0.397. The summed E-state index contributed by atoms with van der Waals surface area (Å²) in [4.78, 5) is 38.9. The van der Waals surface area contributed by atoms with E-state index in [4.69, 9.17) is 9.56 Å². The molecule has 11 heteroatoms. The van der Waals surface area contributed by atoms with Crippen molar-refractivity contribution < 1.29 is 22.4 Å². The number of carbonyl (C=O) groups excluding carboxylic acids is 2. The monoisotopic (exact) mass is 490 g/mol. The lowest BCUT2D eigenvalue weighted by Crippen LogP contribution is -2.53. The van der Waals surface area contributed by atoms with Crippen molar-refractivity contribution in [3.8, 4) is 0 Å². The van der Waals surface area contributed by atoms with Gasteiger partial charge in [0.2, 0.25) is 10.0 Å². The molecule has 35 heavy (non-hydrogen) atoms. The van der Waals surface area contributed by atoms with Crippen LogP contribution in [0.4, 0.5) is 5.69 Å². The minimum absolute atomic E-state index is 0.0663. The molecule has 2 heterocycles. The summed E-state index contributed by atoms with van der Waals surface area (Å²) < 4.78 is 29.9. The average molecular weight is 490 g/mol. The number of hydrazine groups is 1. The van der Waals surface area contributed by atoms with Gasteiger partial charge in [0, 0.05) is 11.8 Å². The summed E-state index contributed by atoms with van der Waals surface area (Å²) >= 11 is 0. The Hall–Kier alpha value is -4.48. The van der Waals surface area contributed by atoms with Crippen LogP contribution in [0.15, 0.2) is 93.0 Å². The van der Waals surface area contributed by atoms with E-state index in [2.05, 4.69) is 10.7 Å². The van der Waals surface area contributed by atoms with E-state index in [-0.39, 0.29) is 22.3 Å². The van der Waals surface area contributed by atoms with Gasteiger partial charge in [0.05, 0.1) is 21.4 Å². The fourth-order valence-electron chi connectivity index (χ4n) is 3.90. The Balaban J connectivity index is 1.61. The molecular formula is C24H18N4O6S. The number of nitrogens with zero attached hydrogens (tertiary/aromatic N) is 1. The molecule has 0 fully saturated rings. The van der Waals surface area contributed by atoms with Crippen molar-refractivity contribution in [3.63, 3.8) is 0 Å². The van der Waals surface area contributed by atoms with E-state index < -0.39 is 32.9 Å². The number of rotatable bonds is 4. The van der Waals surface area contributed by atoms with E-state index in [1.807, 2.05) is 0 Å². The molecule has 3 aromatic carbocycles. The highest BCUT2D eigenvalue weighted by Crippen LogP contribution is 2.32. The molecule has 5 rings (SSSR count). The molecule has 0 bridgehead atoms. The zero-order chi connectivity index (χ0) is 24.7. The van der Waals surface area contributed by atoms with Gasteiger partial charge in [-0.05, 0) is 36.4 Å². The van der Waals surface area contributed by atoms with Gasteiger partial charge in [0.1, 0.15) is 5.58 Å². The second-order valence-corrected chi connectivity index (χ2v) is 9.29. The molecule has 176 valence electrons. The number of fused-ring (bicyclic) bond motifs is 2. The van der Waals surface area contributed by atoms with Crippen molar-refractivity contribution in [2.24, 2.45) is 5.14 Å². The lowest BCUT2D eigenvalue weighted by atomic mass is 10.1. The van der Waals surface area contributed by atoms with Crippen molar-refractivity contribution >= 4 is 38.5 Å². The van der Waals surface area contributed by atoms with Crippen LogP contribution in [0.1, 0.15) is 32.6 Å². The predicted molar refractivity (Wildman–Crippen MR) is 127 cm³/mol. The number of anilines is 1. The maximum atomic E-state index is 13.4. The molecule has 0 aliphatic carbocycles.